The zero-order valence-electron chi connectivity index (χ0n) is 9.25. The maximum Gasteiger partial charge on any atom is 0.303 e. The number of hydrogen-bond donors (Lipinski definition) is 3. The second-order valence-electron chi connectivity index (χ2n) is 3.77. The number of benzene rings is 1. The van der Waals surface area contributed by atoms with E-state index in [2.05, 4.69) is 4.72 Å². The molecule has 0 amide bonds. The van der Waals surface area contributed by atoms with Crippen LogP contribution < -0.4 is 9.86 Å². The van der Waals surface area contributed by atoms with Gasteiger partial charge < -0.3 is 5.11 Å². The molecule has 1 aromatic rings. The zero-order chi connectivity index (χ0) is 13.1. The van der Waals surface area contributed by atoms with Crippen molar-refractivity contribution in [3.05, 3.63) is 29.8 Å². The molecule has 0 aliphatic rings. The van der Waals surface area contributed by atoms with E-state index in [-0.39, 0.29) is 12.3 Å². The lowest BCUT2D eigenvalue weighted by atomic mass is 9.98. The largest absolute Gasteiger partial charge is 0.481 e. The Kier molecular flexibility index (Phi) is 4.08. The molecule has 0 fully saturated rings. The van der Waals surface area contributed by atoms with E-state index in [4.69, 9.17) is 10.2 Å². The summed E-state index contributed by atoms with van der Waals surface area (Å²) in [6, 6.07) is 6.42. The SMILES string of the molecule is CC(CC(=O)O)c1ccc(NS(N)(=O)=O)cc1. The van der Waals surface area contributed by atoms with Crippen molar-refractivity contribution in [1.82, 2.24) is 0 Å². The molecular weight excluding hydrogens is 244 g/mol. The summed E-state index contributed by atoms with van der Waals surface area (Å²) in [6.45, 7) is 1.79. The van der Waals surface area contributed by atoms with E-state index in [1.54, 1.807) is 19.1 Å². The number of aliphatic carboxylic acids is 1. The predicted molar refractivity (Wildman–Crippen MR) is 63.8 cm³/mol. The number of hydrogen-bond acceptors (Lipinski definition) is 3. The van der Waals surface area contributed by atoms with Crippen LogP contribution in [0.5, 0.6) is 0 Å². The van der Waals surface area contributed by atoms with Gasteiger partial charge in [-0.3, -0.25) is 9.52 Å². The van der Waals surface area contributed by atoms with Crippen molar-refractivity contribution < 1.29 is 18.3 Å². The van der Waals surface area contributed by atoms with Crippen LogP contribution in [0.15, 0.2) is 24.3 Å². The summed E-state index contributed by atoms with van der Waals surface area (Å²) in [4.78, 5) is 10.5. The number of carboxylic acids is 1. The van der Waals surface area contributed by atoms with Crippen LogP contribution in [-0.4, -0.2) is 19.5 Å². The van der Waals surface area contributed by atoms with E-state index in [0.717, 1.165) is 5.56 Å². The molecule has 6 nitrogen and oxygen atoms in total. The molecule has 94 valence electrons. The minimum atomic E-state index is -3.77. The lowest BCUT2D eigenvalue weighted by Gasteiger charge is -2.10. The van der Waals surface area contributed by atoms with Crippen LogP contribution in [0.25, 0.3) is 0 Å². The Morgan fingerprint density at radius 3 is 2.35 bits per heavy atom. The summed E-state index contributed by atoms with van der Waals surface area (Å²) >= 11 is 0. The van der Waals surface area contributed by atoms with Crippen LogP contribution in [0.3, 0.4) is 0 Å². The van der Waals surface area contributed by atoms with Crippen LogP contribution in [0.2, 0.25) is 0 Å². The number of anilines is 1. The second kappa shape index (κ2) is 5.15. The van der Waals surface area contributed by atoms with Crippen molar-refractivity contribution in [3.8, 4) is 0 Å². The number of carboxylic acid groups (broad SMARTS) is 1. The van der Waals surface area contributed by atoms with E-state index in [9.17, 15) is 13.2 Å². The van der Waals surface area contributed by atoms with E-state index < -0.39 is 16.2 Å². The van der Waals surface area contributed by atoms with Crippen molar-refractivity contribution in [2.24, 2.45) is 5.14 Å². The van der Waals surface area contributed by atoms with Gasteiger partial charge in [-0.1, -0.05) is 19.1 Å². The van der Waals surface area contributed by atoms with Gasteiger partial charge in [0.05, 0.1) is 6.42 Å². The maximum absolute atomic E-state index is 10.8. The molecule has 17 heavy (non-hydrogen) atoms. The molecule has 0 aliphatic heterocycles. The fourth-order valence-corrected chi connectivity index (χ4v) is 1.89. The van der Waals surface area contributed by atoms with Gasteiger partial charge in [0.25, 0.3) is 10.2 Å². The first kappa shape index (κ1) is 13.5. The first-order valence-corrected chi connectivity index (χ1v) is 6.45. The van der Waals surface area contributed by atoms with E-state index in [1.807, 2.05) is 0 Å². The van der Waals surface area contributed by atoms with Crippen molar-refractivity contribution in [1.29, 1.82) is 0 Å². The van der Waals surface area contributed by atoms with Crippen molar-refractivity contribution in [2.75, 3.05) is 4.72 Å². The van der Waals surface area contributed by atoms with Crippen LogP contribution >= 0.6 is 0 Å². The summed E-state index contributed by atoms with van der Waals surface area (Å²) in [5, 5.41) is 13.5. The molecule has 4 N–H and O–H groups in total. The number of carbonyl (C=O) groups is 1. The van der Waals surface area contributed by atoms with Gasteiger partial charge in [0.1, 0.15) is 0 Å². The van der Waals surface area contributed by atoms with Crippen molar-refractivity contribution >= 4 is 21.9 Å². The third-order valence-corrected chi connectivity index (χ3v) is 2.74. The van der Waals surface area contributed by atoms with Gasteiger partial charge in [-0.2, -0.15) is 8.42 Å². The van der Waals surface area contributed by atoms with E-state index >= 15 is 0 Å². The molecule has 1 aromatic carbocycles. The third kappa shape index (κ3) is 4.83. The van der Waals surface area contributed by atoms with E-state index in [1.165, 1.54) is 12.1 Å². The minimum Gasteiger partial charge on any atom is -0.481 e. The topological polar surface area (TPSA) is 109 Å². The molecule has 0 saturated heterocycles. The minimum absolute atomic E-state index is 0.0297. The highest BCUT2D eigenvalue weighted by Gasteiger charge is 2.10. The molecule has 1 unspecified atom stereocenters. The fraction of sp³-hybridized carbons (Fsp3) is 0.300. The molecule has 0 aliphatic carbocycles. The lowest BCUT2D eigenvalue weighted by molar-refractivity contribution is -0.137. The standard InChI is InChI=1S/C10H14N2O4S/c1-7(6-10(13)14)8-2-4-9(5-3-8)12-17(11,15)16/h2-5,7,12H,6H2,1H3,(H,13,14)(H2,11,15,16). The monoisotopic (exact) mass is 258 g/mol. The molecule has 0 heterocycles. The summed E-state index contributed by atoms with van der Waals surface area (Å²) in [6.07, 6.45) is 0.0297. The Morgan fingerprint density at radius 1 is 1.41 bits per heavy atom. The van der Waals surface area contributed by atoms with Gasteiger partial charge in [-0.05, 0) is 23.6 Å². The first-order valence-electron chi connectivity index (χ1n) is 4.90. The summed E-state index contributed by atoms with van der Waals surface area (Å²) in [5.41, 5.74) is 1.17. The van der Waals surface area contributed by atoms with Crippen LogP contribution in [0, 0.1) is 0 Å². The van der Waals surface area contributed by atoms with Crippen LogP contribution in [0.1, 0.15) is 24.8 Å². The Hall–Kier alpha value is -1.60. The Bertz CT molecular complexity index is 496. The average Bonchev–Trinajstić information content (AvgIpc) is 2.15. The normalized spacial score (nSPS) is 13.1. The van der Waals surface area contributed by atoms with E-state index in [0.29, 0.717) is 5.69 Å². The zero-order valence-corrected chi connectivity index (χ0v) is 10.1. The molecule has 1 atom stereocenters. The summed E-state index contributed by atoms with van der Waals surface area (Å²) in [5.74, 6) is -1.000. The van der Waals surface area contributed by atoms with Crippen molar-refractivity contribution in [2.45, 2.75) is 19.3 Å². The number of nitrogens with two attached hydrogens (primary N) is 1. The second-order valence-corrected chi connectivity index (χ2v) is 5.06. The van der Waals surface area contributed by atoms with Gasteiger partial charge in [0.2, 0.25) is 0 Å². The highest BCUT2D eigenvalue weighted by Crippen LogP contribution is 2.21. The molecule has 1 rings (SSSR count). The molecular formula is C10H14N2O4S. The smallest absolute Gasteiger partial charge is 0.303 e. The highest BCUT2D eigenvalue weighted by atomic mass is 32.2. The molecule has 0 spiro atoms. The molecule has 0 saturated carbocycles. The molecule has 0 radical (unpaired) electrons. The average molecular weight is 258 g/mol. The quantitative estimate of drug-likeness (QED) is 0.728. The fourth-order valence-electron chi connectivity index (χ4n) is 1.42. The molecule has 0 aromatic heterocycles. The number of nitrogens with one attached hydrogen (secondary N) is 1. The van der Waals surface area contributed by atoms with Crippen LogP contribution in [-0.2, 0) is 15.0 Å². The van der Waals surface area contributed by atoms with Crippen molar-refractivity contribution in [3.63, 3.8) is 0 Å². The predicted octanol–water partition coefficient (Wildman–Crippen LogP) is 0.880. The highest BCUT2D eigenvalue weighted by molar-refractivity contribution is 7.90. The summed E-state index contributed by atoms with van der Waals surface area (Å²) in [7, 11) is -3.77. The van der Waals surface area contributed by atoms with Gasteiger partial charge in [0, 0.05) is 5.69 Å². The maximum atomic E-state index is 10.8. The van der Waals surface area contributed by atoms with Gasteiger partial charge in [0.15, 0.2) is 0 Å². The lowest BCUT2D eigenvalue weighted by Crippen LogP contribution is -2.21. The molecule has 7 heteroatoms. The Balaban J connectivity index is 2.77. The third-order valence-electron chi connectivity index (χ3n) is 2.22. The first-order chi connectivity index (χ1) is 7.78. The van der Waals surface area contributed by atoms with Gasteiger partial charge in [-0.15, -0.1) is 0 Å². The molecule has 0 bridgehead atoms. The summed E-state index contributed by atoms with van der Waals surface area (Å²) < 4.78 is 23.6. The van der Waals surface area contributed by atoms with Gasteiger partial charge >= 0.3 is 5.97 Å². The van der Waals surface area contributed by atoms with Gasteiger partial charge in [-0.25, -0.2) is 5.14 Å². The Morgan fingerprint density at radius 2 is 1.94 bits per heavy atom. The van der Waals surface area contributed by atoms with Crippen LogP contribution in [0.4, 0.5) is 5.69 Å². The Labute approximate surface area is 99.6 Å². The number of rotatable bonds is 5.